The van der Waals surface area contributed by atoms with E-state index in [0.717, 1.165) is 26.8 Å². The van der Waals surface area contributed by atoms with Crippen LogP contribution in [0.3, 0.4) is 0 Å². The number of carbonyl (C=O) groups excluding carboxylic acids is 1. The number of halogens is 2. The van der Waals surface area contributed by atoms with Gasteiger partial charge in [0, 0.05) is 10.0 Å². The first-order valence-corrected chi connectivity index (χ1v) is 8.18. The van der Waals surface area contributed by atoms with Gasteiger partial charge in [-0.2, -0.15) is 0 Å². The van der Waals surface area contributed by atoms with E-state index in [9.17, 15) is 4.79 Å². The van der Waals surface area contributed by atoms with Gasteiger partial charge in [-0.05, 0) is 68.6 Å². The number of benzene rings is 2. The molecular formula is C16H15Br2NO2. The number of hydrogen-bond donors (Lipinski definition) is 1. The molecule has 110 valence electrons. The smallest absolute Gasteiger partial charge is 0.255 e. The zero-order valence-corrected chi connectivity index (χ0v) is 14.7. The Kier molecular flexibility index (Phi) is 5.82. The number of para-hydroxylation sites is 1. The molecule has 0 aliphatic carbocycles. The van der Waals surface area contributed by atoms with E-state index in [2.05, 4.69) is 37.2 Å². The van der Waals surface area contributed by atoms with Crippen LogP contribution in [0.4, 0.5) is 5.69 Å². The van der Waals surface area contributed by atoms with Gasteiger partial charge < -0.3 is 10.1 Å². The fourth-order valence-corrected chi connectivity index (χ4v) is 2.61. The second-order valence-corrected chi connectivity index (χ2v) is 6.14. The van der Waals surface area contributed by atoms with Crippen LogP contribution < -0.4 is 10.1 Å². The third-order valence-electron chi connectivity index (χ3n) is 2.78. The van der Waals surface area contributed by atoms with Gasteiger partial charge in [0.15, 0.2) is 0 Å². The number of amides is 1. The molecule has 0 atom stereocenters. The average molecular weight is 413 g/mol. The Hall–Kier alpha value is -1.33. The van der Waals surface area contributed by atoms with E-state index in [1.165, 1.54) is 0 Å². The quantitative estimate of drug-likeness (QED) is 0.727. The first-order chi connectivity index (χ1) is 10.1. The van der Waals surface area contributed by atoms with Gasteiger partial charge in [0.2, 0.25) is 0 Å². The van der Waals surface area contributed by atoms with Crippen LogP contribution in [0.1, 0.15) is 23.7 Å². The van der Waals surface area contributed by atoms with Gasteiger partial charge in [-0.15, -0.1) is 0 Å². The van der Waals surface area contributed by atoms with E-state index < -0.39 is 0 Å². The summed E-state index contributed by atoms with van der Waals surface area (Å²) in [5.41, 5.74) is 1.31. The lowest BCUT2D eigenvalue weighted by Crippen LogP contribution is -2.12. The summed E-state index contributed by atoms with van der Waals surface area (Å²) in [6, 6.07) is 12.8. The lowest BCUT2D eigenvalue weighted by atomic mass is 10.2. The Balaban J connectivity index is 2.13. The molecule has 0 spiro atoms. The molecule has 0 aromatic heterocycles. The maximum absolute atomic E-state index is 12.3. The molecule has 0 fully saturated rings. The Bertz CT molecular complexity index is 644. The predicted octanol–water partition coefficient (Wildman–Crippen LogP) is 5.25. The number of ether oxygens (including phenoxy) is 1. The van der Waals surface area contributed by atoms with Crippen LogP contribution in [0.2, 0.25) is 0 Å². The van der Waals surface area contributed by atoms with Gasteiger partial charge in [0.1, 0.15) is 5.75 Å². The molecule has 1 N–H and O–H groups in total. The molecule has 0 saturated carbocycles. The molecule has 21 heavy (non-hydrogen) atoms. The Morgan fingerprint density at radius 3 is 2.57 bits per heavy atom. The molecular weight excluding hydrogens is 398 g/mol. The van der Waals surface area contributed by atoms with Gasteiger partial charge in [0.05, 0.1) is 16.8 Å². The standard InChI is InChI=1S/C16H15Br2NO2/c1-2-9-21-15-8-7-11(10-13(15)18)16(20)19-14-6-4-3-5-12(14)17/h3-8,10H,2,9H2,1H3,(H,19,20). The first kappa shape index (κ1) is 16.0. The number of rotatable bonds is 5. The molecule has 0 heterocycles. The lowest BCUT2D eigenvalue weighted by molar-refractivity contribution is 0.102. The SMILES string of the molecule is CCCOc1ccc(C(=O)Nc2ccccc2Br)cc1Br. The third-order valence-corrected chi connectivity index (χ3v) is 4.09. The average Bonchev–Trinajstić information content (AvgIpc) is 2.48. The molecule has 0 aliphatic heterocycles. The van der Waals surface area contributed by atoms with Gasteiger partial charge in [-0.3, -0.25) is 4.79 Å². The van der Waals surface area contributed by atoms with Crippen molar-refractivity contribution in [1.82, 2.24) is 0 Å². The highest BCUT2D eigenvalue weighted by Crippen LogP contribution is 2.27. The van der Waals surface area contributed by atoms with Gasteiger partial charge >= 0.3 is 0 Å². The Labute approximate surface area is 141 Å². The first-order valence-electron chi connectivity index (χ1n) is 6.60. The maximum Gasteiger partial charge on any atom is 0.255 e. The lowest BCUT2D eigenvalue weighted by Gasteiger charge is -2.10. The van der Waals surface area contributed by atoms with Crippen LogP contribution in [-0.4, -0.2) is 12.5 Å². The normalized spacial score (nSPS) is 10.2. The topological polar surface area (TPSA) is 38.3 Å². The molecule has 0 saturated heterocycles. The Morgan fingerprint density at radius 2 is 1.90 bits per heavy atom. The summed E-state index contributed by atoms with van der Waals surface area (Å²) in [4.78, 5) is 12.3. The van der Waals surface area contributed by atoms with Crippen molar-refractivity contribution < 1.29 is 9.53 Å². The Morgan fingerprint density at radius 1 is 1.14 bits per heavy atom. The molecule has 5 heteroatoms. The molecule has 0 radical (unpaired) electrons. The monoisotopic (exact) mass is 411 g/mol. The van der Waals surface area contributed by atoms with Crippen LogP contribution in [0.25, 0.3) is 0 Å². The highest BCUT2D eigenvalue weighted by atomic mass is 79.9. The van der Waals surface area contributed by atoms with Crippen molar-refractivity contribution >= 4 is 43.5 Å². The fourth-order valence-electron chi connectivity index (χ4n) is 1.73. The summed E-state index contributed by atoms with van der Waals surface area (Å²) >= 11 is 6.84. The van der Waals surface area contributed by atoms with Crippen molar-refractivity contribution in [3.63, 3.8) is 0 Å². The molecule has 2 aromatic rings. The summed E-state index contributed by atoms with van der Waals surface area (Å²) in [5.74, 6) is 0.582. The molecule has 1 amide bonds. The highest BCUT2D eigenvalue weighted by molar-refractivity contribution is 9.11. The molecule has 2 rings (SSSR count). The number of anilines is 1. The molecule has 0 bridgehead atoms. The van der Waals surface area contributed by atoms with E-state index in [-0.39, 0.29) is 5.91 Å². The molecule has 2 aromatic carbocycles. The van der Waals surface area contributed by atoms with Crippen LogP contribution in [-0.2, 0) is 0 Å². The molecule has 3 nitrogen and oxygen atoms in total. The van der Waals surface area contributed by atoms with Crippen LogP contribution in [0, 0.1) is 0 Å². The summed E-state index contributed by atoms with van der Waals surface area (Å²) in [6.07, 6.45) is 0.941. The van der Waals surface area contributed by atoms with E-state index in [1.807, 2.05) is 31.2 Å². The second kappa shape index (κ2) is 7.61. The summed E-state index contributed by atoms with van der Waals surface area (Å²) < 4.78 is 7.19. The minimum Gasteiger partial charge on any atom is -0.492 e. The van der Waals surface area contributed by atoms with E-state index in [4.69, 9.17) is 4.74 Å². The number of nitrogens with one attached hydrogen (secondary N) is 1. The van der Waals surface area contributed by atoms with Gasteiger partial charge in [-0.1, -0.05) is 19.1 Å². The summed E-state index contributed by atoms with van der Waals surface area (Å²) in [6.45, 7) is 2.70. The van der Waals surface area contributed by atoms with Crippen molar-refractivity contribution in [1.29, 1.82) is 0 Å². The minimum absolute atomic E-state index is 0.162. The minimum atomic E-state index is -0.162. The second-order valence-electron chi connectivity index (χ2n) is 4.43. The number of hydrogen-bond acceptors (Lipinski definition) is 2. The molecule has 0 aliphatic rings. The van der Waals surface area contributed by atoms with Crippen LogP contribution in [0.15, 0.2) is 51.4 Å². The van der Waals surface area contributed by atoms with Crippen molar-refractivity contribution in [2.75, 3.05) is 11.9 Å². The zero-order chi connectivity index (χ0) is 15.2. The van der Waals surface area contributed by atoms with Crippen molar-refractivity contribution in [3.8, 4) is 5.75 Å². The largest absolute Gasteiger partial charge is 0.492 e. The van der Waals surface area contributed by atoms with Gasteiger partial charge in [-0.25, -0.2) is 0 Å². The van der Waals surface area contributed by atoms with Crippen molar-refractivity contribution in [2.45, 2.75) is 13.3 Å². The van der Waals surface area contributed by atoms with Crippen molar-refractivity contribution in [2.24, 2.45) is 0 Å². The number of carbonyl (C=O) groups is 1. The highest BCUT2D eigenvalue weighted by Gasteiger charge is 2.10. The molecule has 0 unspecified atom stereocenters. The van der Waals surface area contributed by atoms with E-state index in [0.29, 0.717) is 12.2 Å². The van der Waals surface area contributed by atoms with Crippen molar-refractivity contribution in [3.05, 3.63) is 57.0 Å². The van der Waals surface area contributed by atoms with Crippen LogP contribution in [0.5, 0.6) is 5.75 Å². The zero-order valence-electron chi connectivity index (χ0n) is 11.5. The van der Waals surface area contributed by atoms with Crippen LogP contribution >= 0.6 is 31.9 Å². The van der Waals surface area contributed by atoms with Gasteiger partial charge in [0.25, 0.3) is 5.91 Å². The summed E-state index contributed by atoms with van der Waals surface area (Å²) in [5, 5.41) is 2.87. The summed E-state index contributed by atoms with van der Waals surface area (Å²) in [7, 11) is 0. The third kappa shape index (κ3) is 4.32. The van der Waals surface area contributed by atoms with E-state index in [1.54, 1.807) is 18.2 Å². The predicted molar refractivity (Wildman–Crippen MR) is 92.0 cm³/mol. The van der Waals surface area contributed by atoms with E-state index >= 15 is 0 Å². The maximum atomic E-state index is 12.3. The fraction of sp³-hybridized carbons (Fsp3) is 0.188.